The fourth-order valence-corrected chi connectivity index (χ4v) is 3.42. The minimum Gasteiger partial charge on any atom is -0.493 e. The number of methoxy groups -OCH3 is 1. The Kier molecular flexibility index (Phi) is 6.71. The maximum absolute atomic E-state index is 12.5. The molecule has 0 aromatic heterocycles. The predicted molar refractivity (Wildman–Crippen MR) is 106 cm³/mol. The molecule has 1 atom stereocenters. The maximum Gasteiger partial charge on any atom is 0.258 e. The Labute approximate surface area is 161 Å². The van der Waals surface area contributed by atoms with Crippen molar-refractivity contribution in [2.75, 3.05) is 33.4 Å². The maximum atomic E-state index is 12.5. The molecule has 1 aliphatic heterocycles. The van der Waals surface area contributed by atoms with E-state index in [1.165, 1.54) is 12.8 Å². The van der Waals surface area contributed by atoms with E-state index >= 15 is 0 Å². The van der Waals surface area contributed by atoms with Crippen molar-refractivity contribution in [1.82, 2.24) is 10.2 Å². The quantitative estimate of drug-likeness (QED) is 0.776. The highest BCUT2D eigenvalue weighted by molar-refractivity contribution is 5.78. The van der Waals surface area contributed by atoms with Gasteiger partial charge in [-0.05, 0) is 56.1 Å². The molecular weight excluding hydrogens is 340 g/mol. The van der Waals surface area contributed by atoms with Crippen molar-refractivity contribution >= 4 is 5.91 Å². The van der Waals surface area contributed by atoms with E-state index in [0.717, 1.165) is 30.8 Å². The molecular formula is C22H28N2O3. The van der Waals surface area contributed by atoms with Gasteiger partial charge in [-0.25, -0.2) is 0 Å². The van der Waals surface area contributed by atoms with Crippen molar-refractivity contribution in [3.8, 4) is 11.5 Å². The fourth-order valence-electron chi connectivity index (χ4n) is 3.42. The molecule has 0 saturated carbocycles. The zero-order valence-electron chi connectivity index (χ0n) is 16.1. The number of aryl methyl sites for hydroxylation is 1. The third kappa shape index (κ3) is 5.47. The van der Waals surface area contributed by atoms with E-state index in [0.29, 0.717) is 11.5 Å². The number of nitrogens with one attached hydrogen (secondary N) is 1. The van der Waals surface area contributed by atoms with Crippen LogP contribution in [0.2, 0.25) is 0 Å². The van der Waals surface area contributed by atoms with Gasteiger partial charge in [0.05, 0.1) is 13.2 Å². The van der Waals surface area contributed by atoms with Crippen LogP contribution in [0.3, 0.4) is 0 Å². The Morgan fingerprint density at radius 3 is 2.56 bits per heavy atom. The summed E-state index contributed by atoms with van der Waals surface area (Å²) in [6.07, 6.45) is 2.46. The third-order valence-electron chi connectivity index (χ3n) is 4.85. The van der Waals surface area contributed by atoms with Gasteiger partial charge >= 0.3 is 0 Å². The van der Waals surface area contributed by atoms with Gasteiger partial charge in [0.15, 0.2) is 18.1 Å². The topological polar surface area (TPSA) is 50.8 Å². The summed E-state index contributed by atoms with van der Waals surface area (Å²) in [4.78, 5) is 14.9. The molecule has 5 heteroatoms. The van der Waals surface area contributed by atoms with Crippen LogP contribution in [0.5, 0.6) is 11.5 Å². The molecule has 1 unspecified atom stereocenters. The molecule has 1 amide bonds. The largest absolute Gasteiger partial charge is 0.493 e. The normalized spacial score (nSPS) is 15.3. The number of likely N-dealkylation sites (tertiary alicyclic amines) is 1. The van der Waals surface area contributed by atoms with Crippen LogP contribution in [0, 0.1) is 6.92 Å². The number of hydrogen-bond donors (Lipinski definition) is 1. The smallest absolute Gasteiger partial charge is 0.258 e. The molecule has 144 valence electrons. The number of carbonyl (C=O) groups is 1. The molecule has 0 aliphatic carbocycles. The average Bonchev–Trinajstić information content (AvgIpc) is 3.20. The summed E-state index contributed by atoms with van der Waals surface area (Å²) in [5.74, 6) is 1.08. The molecule has 1 fully saturated rings. The van der Waals surface area contributed by atoms with Gasteiger partial charge in [0.2, 0.25) is 0 Å². The lowest BCUT2D eigenvalue weighted by Gasteiger charge is -2.25. The van der Waals surface area contributed by atoms with E-state index in [-0.39, 0.29) is 18.6 Å². The molecule has 2 aromatic rings. The molecule has 1 saturated heterocycles. The number of ether oxygens (including phenoxy) is 2. The van der Waals surface area contributed by atoms with Gasteiger partial charge < -0.3 is 19.7 Å². The number of nitrogens with zero attached hydrogens (tertiary/aromatic N) is 1. The summed E-state index contributed by atoms with van der Waals surface area (Å²) < 4.78 is 11.0. The first-order valence-corrected chi connectivity index (χ1v) is 9.50. The van der Waals surface area contributed by atoms with Gasteiger partial charge in [0.25, 0.3) is 5.91 Å². The first-order chi connectivity index (χ1) is 13.2. The third-order valence-corrected chi connectivity index (χ3v) is 4.85. The molecule has 0 spiro atoms. The minimum atomic E-state index is -0.134. The Morgan fingerprint density at radius 1 is 1.11 bits per heavy atom. The van der Waals surface area contributed by atoms with E-state index < -0.39 is 0 Å². The fraction of sp³-hybridized carbons (Fsp3) is 0.409. The number of rotatable bonds is 8. The number of benzene rings is 2. The van der Waals surface area contributed by atoms with E-state index in [1.807, 2.05) is 43.3 Å². The molecule has 0 radical (unpaired) electrons. The average molecular weight is 368 g/mol. The Morgan fingerprint density at radius 2 is 1.85 bits per heavy atom. The van der Waals surface area contributed by atoms with Gasteiger partial charge in [-0.1, -0.05) is 36.4 Å². The van der Waals surface area contributed by atoms with Crippen molar-refractivity contribution in [2.45, 2.75) is 25.8 Å². The van der Waals surface area contributed by atoms with E-state index in [2.05, 4.69) is 22.3 Å². The summed E-state index contributed by atoms with van der Waals surface area (Å²) in [5.41, 5.74) is 2.20. The van der Waals surface area contributed by atoms with Crippen molar-refractivity contribution in [1.29, 1.82) is 0 Å². The standard InChI is InChI=1S/C22H28N2O3/c1-17-10-11-20(21(14-17)26-2)27-16-22(25)23-19(15-24-12-6-7-13-24)18-8-4-3-5-9-18/h3-5,8-11,14,19H,6-7,12-13,15-16H2,1-2H3,(H,23,25). The molecule has 5 nitrogen and oxygen atoms in total. The van der Waals surface area contributed by atoms with Crippen LogP contribution in [0.1, 0.15) is 30.0 Å². The lowest BCUT2D eigenvalue weighted by molar-refractivity contribution is -0.124. The Hall–Kier alpha value is -2.53. The van der Waals surface area contributed by atoms with Crippen molar-refractivity contribution in [2.24, 2.45) is 0 Å². The van der Waals surface area contributed by atoms with Crippen LogP contribution in [0.15, 0.2) is 48.5 Å². The van der Waals surface area contributed by atoms with Crippen molar-refractivity contribution in [3.63, 3.8) is 0 Å². The highest BCUT2D eigenvalue weighted by Gasteiger charge is 2.21. The zero-order chi connectivity index (χ0) is 19.1. The van der Waals surface area contributed by atoms with E-state index in [9.17, 15) is 4.79 Å². The van der Waals surface area contributed by atoms with Gasteiger partial charge in [-0.3, -0.25) is 4.79 Å². The van der Waals surface area contributed by atoms with Gasteiger partial charge in [0.1, 0.15) is 0 Å². The van der Waals surface area contributed by atoms with Crippen molar-refractivity contribution in [3.05, 3.63) is 59.7 Å². The van der Waals surface area contributed by atoms with Gasteiger partial charge in [-0.2, -0.15) is 0 Å². The Balaban J connectivity index is 1.62. The number of carbonyl (C=O) groups excluding carboxylic acids is 1. The van der Waals surface area contributed by atoms with Crippen LogP contribution in [-0.2, 0) is 4.79 Å². The Bertz CT molecular complexity index is 742. The SMILES string of the molecule is COc1cc(C)ccc1OCC(=O)NC(CN1CCCC1)c1ccccc1. The molecule has 27 heavy (non-hydrogen) atoms. The van der Waals surface area contributed by atoms with Crippen LogP contribution in [-0.4, -0.2) is 44.2 Å². The van der Waals surface area contributed by atoms with Crippen LogP contribution < -0.4 is 14.8 Å². The monoisotopic (exact) mass is 368 g/mol. The summed E-state index contributed by atoms with van der Waals surface area (Å²) in [5, 5.41) is 3.13. The number of amides is 1. The minimum absolute atomic E-state index is 0.0389. The zero-order valence-corrected chi connectivity index (χ0v) is 16.1. The first kappa shape index (κ1) is 19.2. The van der Waals surface area contributed by atoms with Gasteiger partial charge in [-0.15, -0.1) is 0 Å². The van der Waals surface area contributed by atoms with Crippen LogP contribution in [0.4, 0.5) is 0 Å². The molecule has 2 aromatic carbocycles. The molecule has 1 N–H and O–H groups in total. The van der Waals surface area contributed by atoms with Crippen LogP contribution >= 0.6 is 0 Å². The van der Waals surface area contributed by atoms with E-state index in [1.54, 1.807) is 7.11 Å². The summed E-state index contributed by atoms with van der Waals surface area (Å²) in [6, 6.07) is 15.8. The molecule has 1 aliphatic rings. The van der Waals surface area contributed by atoms with E-state index in [4.69, 9.17) is 9.47 Å². The second kappa shape index (κ2) is 9.42. The molecule has 1 heterocycles. The summed E-state index contributed by atoms with van der Waals surface area (Å²) in [6.45, 7) is 4.96. The summed E-state index contributed by atoms with van der Waals surface area (Å²) in [7, 11) is 1.60. The predicted octanol–water partition coefficient (Wildman–Crippen LogP) is 3.34. The summed E-state index contributed by atoms with van der Waals surface area (Å²) >= 11 is 0. The highest BCUT2D eigenvalue weighted by atomic mass is 16.5. The highest BCUT2D eigenvalue weighted by Crippen LogP contribution is 2.27. The second-order valence-electron chi connectivity index (χ2n) is 6.98. The van der Waals surface area contributed by atoms with Crippen molar-refractivity contribution < 1.29 is 14.3 Å². The van der Waals surface area contributed by atoms with Gasteiger partial charge in [0, 0.05) is 6.54 Å². The first-order valence-electron chi connectivity index (χ1n) is 9.50. The lowest BCUT2D eigenvalue weighted by atomic mass is 10.1. The van der Waals surface area contributed by atoms with Crippen LogP contribution in [0.25, 0.3) is 0 Å². The number of hydrogen-bond acceptors (Lipinski definition) is 4. The molecule has 3 rings (SSSR count). The molecule has 0 bridgehead atoms. The lowest BCUT2D eigenvalue weighted by Crippen LogP contribution is -2.39. The second-order valence-corrected chi connectivity index (χ2v) is 6.98.